The van der Waals surface area contributed by atoms with Crippen molar-refractivity contribution in [2.24, 2.45) is 0 Å². The SMILES string of the molecule is C[Si](C)(C)CCOCn1ccc2cc(-c3c(F)cccc3OC(F)F)ccc21. The molecule has 0 aliphatic rings. The van der Waals surface area contributed by atoms with Crippen LogP contribution in [0.4, 0.5) is 13.2 Å². The highest BCUT2D eigenvalue weighted by Crippen LogP contribution is 2.35. The second kappa shape index (κ2) is 8.41. The molecule has 0 amide bonds. The standard InChI is InChI=1S/C21H24F3NO2Si/c1-28(2,3)12-11-26-14-25-10-9-15-13-16(7-8-18(15)25)20-17(22)5-4-6-19(20)27-21(23)24/h4-10,13,21H,11-12,14H2,1-3H3. The van der Waals surface area contributed by atoms with Crippen LogP contribution in [-0.2, 0) is 11.5 Å². The van der Waals surface area contributed by atoms with Gasteiger partial charge in [0, 0.05) is 26.3 Å². The molecule has 0 fully saturated rings. The summed E-state index contributed by atoms with van der Waals surface area (Å²) in [5.74, 6) is -0.782. The number of alkyl halides is 2. The van der Waals surface area contributed by atoms with Gasteiger partial charge in [-0.15, -0.1) is 0 Å². The van der Waals surface area contributed by atoms with Crippen LogP contribution in [0.2, 0.25) is 25.7 Å². The van der Waals surface area contributed by atoms with E-state index in [0.717, 1.165) is 23.6 Å². The van der Waals surface area contributed by atoms with Gasteiger partial charge in [0.25, 0.3) is 0 Å². The molecule has 0 bridgehead atoms. The first-order chi connectivity index (χ1) is 13.2. The Balaban J connectivity index is 1.83. The fourth-order valence-corrected chi connectivity index (χ4v) is 3.74. The molecule has 1 aromatic heterocycles. The molecule has 0 saturated heterocycles. The fraction of sp³-hybridized carbons (Fsp3) is 0.333. The number of rotatable bonds is 8. The topological polar surface area (TPSA) is 23.4 Å². The molecule has 0 aliphatic heterocycles. The summed E-state index contributed by atoms with van der Waals surface area (Å²) in [7, 11) is -1.14. The molecule has 3 rings (SSSR count). The first-order valence-electron chi connectivity index (χ1n) is 9.15. The van der Waals surface area contributed by atoms with Crippen molar-refractivity contribution in [3.05, 3.63) is 54.5 Å². The number of ether oxygens (including phenoxy) is 2. The molecule has 150 valence electrons. The Labute approximate surface area is 163 Å². The number of fused-ring (bicyclic) bond motifs is 1. The highest BCUT2D eigenvalue weighted by molar-refractivity contribution is 6.76. The van der Waals surface area contributed by atoms with E-state index in [9.17, 15) is 13.2 Å². The Morgan fingerprint density at radius 2 is 1.86 bits per heavy atom. The van der Waals surface area contributed by atoms with E-state index in [2.05, 4.69) is 24.4 Å². The van der Waals surface area contributed by atoms with Crippen molar-refractivity contribution in [2.45, 2.75) is 39.0 Å². The van der Waals surface area contributed by atoms with Gasteiger partial charge >= 0.3 is 6.61 Å². The van der Waals surface area contributed by atoms with Gasteiger partial charge in [-0.3, -0.25) is 0 Å². The Hall–Kier alpha value is -2.25. The fourth-order valence-electron chi connectivity index (χ4n) is 2.99. The maximum atomic E-state index is 14.3. The number of hydrogen-bond acceptors (Lipinski definition) is 2. The third-order valence-electron chi connectivity index (χ3n) is 4.48. The summed E-state index contributed by atoms with van der Waals surface area (Å²) in [5.41, 5.74) is 1.45. The van der Waals surface area contributed by atoms with E-state index in [1.807, 2.05) is 22.9 Å². The van der Waals surface area contributed by atoms with E-state index in [-0.39, 0.29) is 11.3 Å². The number of hydrogen-bond donors (Lipinski definition) is 0. The zero-order valence-electron chi connectivity index (χ0n) is 16.2. The van der Waals surface area contributed by atoms with Crippen molar-refractivity contribution in [3.63, 3.8) is 0 Å². The third kappa shape index (κ3) is 4.96. The van der Waals surface area contributed by atoms with Crippen molar-refractivity contribution < 1.29 is 22.6 Å². The number of nitrogens with zero attached hydrogens (tertiary/aromatic N) is 1. The van der Waals surface area contributed by atoms with E-state index in [4.69, 9.17) is 4.74 Å². The quantitative estimate of drug-likeness (QED) is 0.320. The first-order valence-corrected chi connectivity index (χ1v) is 12.9. The summed E-state index contributed by atoms with van der Waals surface area (Å²) >= 11 is 0. The zero-order chi connectivity index (χ0) is 20.3. The molecular weight excluding hydrogens is 383 g/mol. The van der Waals surface area contributed by atoms with Gasteiger partial charge in [-0.25, -0.2) is 4.39 Å². The second-order valence-corrected chi connectivity index (χ2v) is 13.5. The van der Waals surface area contributed by atoms with Gasteiger partial charge in [0.15, 0.2) is 0 Å². The zero-order valence-corrected chi connectivity index (χ0v) is 17.2. The largest absolute Gasteiger partial charge is 0.434 e. The lowest BCUT2D eigenvalue weighted by Crippen LogP contribution is -2.21. The molecule has 0 atom stereocenters. The van der Waals surface area contributed by atoms with Crippen LogP contribution in [0.3, 0.4) is 0 Å². The molecule has 1 heterocycles. The lowest BCUT2D eigenvalue weighted by molar-refractivity contribution is -0.0495. The average Bonchev–Trinajstić information content (AvgIpc) is 3.00. The molecule has 0 radical (unpaired) electrons. The predicted molar refractivity (Wildman–Crippen MR) is 108 cm³/mol. The number of halogens is 3. The van der Waals surface area contributed by atoms with Gasteiger partial charge in [-0.1, -0.05) is 31.8 Å². The molecule has 0 aliphatic carbocycles. The van der Waals surface area contributed by atoms with Crippen LogP contribution in [-0.4, -0.2) is 25.9 Å². The van der Waals surface area contributed by atoms with E-state index in [1.165, 1.54) is 18.2 Å². The monoisotopic (exact) mass is 407 g/mol. The third-order valence-corrected chi connectivity index (χ3v) is 6.18. The van der Waals surface area contributed by atoms with E-state index in [0.29, 0.717) is 12.3 Å². The summed E-state index contributed by atoms with van der Waals surface area (Å²) in [6, 6.07) is 12.2. The molecule has 0 spiro atoms. The van der Waals surface area contributed by atoms with Gasteiger partial charge in [-0.2, -0.15) is 8.78 Å². The van der Waals surface area contributed by atoms with Gasteiger partial charge in [0.2, 0.25) is 0 Å². The summed E-state index contributed by atoms with van der Waals surface area (Å²) in [6.07, 6.45) is 1.90. The molecule has 3 aromatic rings. The van der Waals surface area contributed by atoms with E-state index < -0.39 is 20.5 Å². The maximum absolute atomic E-state index is 14.3. The molecule has 7 heteroatoms. The minimum Gasteiger partial charge on any atom is -0.434 e. The summed E-state index contributed by atoms with van der Waals surface area (Å²) in [5, 5.41) is 0.873. The van der Waals surface area contributed by atoms with Crippen LogP contribution in [0.25, 0.3) is 22.0 Å². The normalized spacial score (nSPS) is 12.1. The summed E-state index contributed by atoms with van der Waals surface area (Å²) in [4.78, 5) is 0. The average molecular weight is 408 g/mol. The first kappa shape index (κ1) is 20.5. The number of aromatic nitrogens is 1. The highest BCUT2D eigenvalue weighted by atomic mass is 28.3. The molecule has 0 N–H and O–H groups in total. The van der Waals surface area contributed by atoms with Gasteiger partial charge < -0.3 is 14.0 Å². The van der Waals surface area contributed by atoms with Gasteiger partial charge in [0.1, 0.15) is 18.3 Å². The van der Waals surface area contributed by atoms with Gasteiger partial charge in [0.05, 0.1) is 11.1 Å². The number of benzene rings is 2. The minimum atomic E-state index is -3.02. The maximum Gasteiger partial charge on any atom is 0.387 e. The van der Waals surface area contributed by atoms with Crippen LogP contribution in [0.5, 0.6) is 5.75 Å². The molecule has 0 saturated carbocycles. The lowest BCUT2D eigenvalue weighted by atomic mass is 10.0. The molecule has 0 unspecified atom stereocenters. The van der Waals surface area contributed by atoms with Crippen molar-refractivity contribution in [1.29, 1.82) is 0 Å². The van der Waals surface area contributed by atoms with Crippen LogP contribution < -0.4 is 4.74 Å². The Bertz CT molecular complexity index is 950. The molecule has 3 nitrogen and oxygen atoms in total. The van der Waals surface area contributed by atoms with Crippen molar-refractivity contribution in [2.75, 3.05) is 6.61 Å². The van der Waals surface area contributed by atoms with E-state index >= 15 is 0 Å². The predicted octanol–water partition coefficient (Wildman–Crippen LogP) is 6.36. The Morgan fingerprint density at radius 1 is 1.07 bits per heavy atom. The van der Waals surface area contributed by atoms with Crippen LogP contribution >= 0.6 is 0 Å². The van der Waals surface area contributed by atoms with Crippen molar-refractivity contribution >= 4 is 19.0 Å². The molecule has 28 heavy (non-hydrogen) atoms. The minimum absolute atomic E-state index is 0.0313. The Kier molecular flexibility index (Phi) is 6.15. The lowest BCUT2D eigenvalue weighted by Gasteiger charge is -2.16. The van der Waals surface area contributed by atoms with E-state index in [1.54, 1.807) is 12.1 Å². The molecule has 2 aromatic carbocycles. The second-order valence-electron chi connectivity index (χ2n) is 7.90. The van der Waals surface area contributed by atoms with Crippen LogP contribution in [0, 0.1) is 5.82 Å². The summed E-state index contributed by atoms with van der Waals surface area (Å²) in [6.45, 7) is 5.05. The van der Waals surface area contributed by atoms with Crippen molar-refractivity contribution in [1.82, 2.24) is 4.57 Å². The summed E-state index contributed by atoms with van der Waals surface area (Å²) < 4.78 is 51.9. The molecular formula is C21H24F3NO2Si. The van der Waals surface area contributed by atoms with Crippen LogP contribution in [0.1, 0.15) is 0 Å². The van der Waals surface area contributed by atoms with Gasteiger partial charge in [-0.05, 0) is 41.9 Å². The highest BCUT2D eigenvalue weighted by Gasteiger charge is 2.16. The Morgan fingerprint density at radius 3 is 2.57 bits per heavy atom. The smallest absolute Gasteiger partial charge is 0.387 e. The van der Waals surface area contributed by atoms with Crippen LogP contribution in [0.15, 0.2) is 48.7 Å². The van der Waals surface area contributed by atoms with Crippen molar-refractivity contribution in [3.8, 4) is 16.9 Å².